The average molecular weight is 229 g/mol. The van der Waals surface area contributed by atoms with Gasteiger partial charge in [0.1, 0.15) is 6.61 Å². The predicted octanol–water partition coefficient (Wildman–Crippen LogP) is 0.970. The first-order valence-electron chi connectivity index (χ1n) is 4.66. The number of rotatable bonds is 5. The molecule has 5 heteroatoms. The molecule has 0 unspecified atom stereocenters. The Balaban J connectivity index is 0. The van der Waals surface area contributed by atoms with Gasteiger partial charge in [-0.2, -0.15) is 0 Å². The Bertz CT molecular complexity index is 236. The lowest BCUT2D eigenvalue weighted by Crippen LogP contribution is -2.19. The van der Waals surface area contributed by atoms with Crippen molar-refractivity contribution < 1.29 is 19.1 Å². The molecular weight excluding hydrogens is 210 g/mol. The van der Waals surface area contributed by atoms with Gasteiger partial charge in [-0.3, -0.25) is 4.79 Å². The minimum atomic E-state index is -0.359. The number of hydrogen-bond donors (Lipinski definition) is 0. The summed E-state index contributed by atoms with van der Waals surface area (Å²) in [6.45, 7) is 8.93. The van der Waals surface area contributed by atoms with E-state index in [1.54, 1.807) is 0 Å². The van der Waals surface area contributed by atoms with Crippen LogP contribution in [0, 0.1) is 0 Å². The van der Waals surface area contributed by atoms with E-state index in [-0.39, 0.29) is 11.9 Å². The summed E-state index contributed by atoms with van der Waals surface area (Å²) < 4.78 is 8.87. The van der Waals surface area contributed by atoms with E-state index >= 15 is 0 Å². The molecule has 0 amide bonds. The van der Waals surface area contributed by atoms with Crippen molar-refractivity contribution in [2.24, 2.45) is 0 Å². The van der Waals surface area contributed by atoms with Gasteiger partial charge in [-0.15, -0.1) is 0 Å². The Kier molecular flexibility index (Phi) is 12.0. The fraction of sp³-hybridized carbons (Fsp3) is 0.455. The molecule has 0 aromatic rings. The highest BCUT2D eigenvalue weighted by molar-refractivity contribution is 5.81. The maximum absolute atomic E-state index is 10.4. The molecule has 0 rings (SSSR count). The predicted molar refractivity (Wildman–Crippen MR) is 61.7 cm³/mol. The summed E-state index contributed by atoms with van der Waals surface area (Å²) in [5, 5.41) is 0. The minimum Gasteiger partial charge on any atom is -0.461 e. The molecule has 0 aliphatic carbocycles. The Morgan fingerprint density at radius 1 is 1.31 bits per heavy atom. The van der Waals surface area contributed by atoms with Crippen LogP contribution in [0.4, 0.5) is 0 Å². The Labute approximate surface area is 96.3 Å². The second-order valence-electron chi connectivity index (χ2n) is 2.95. The minimum absolute atomic E-state index is 0.329. The summed E-state index contributed by atoms with van der Waals surface area (Å²) >= 11 is 0. The molecule has 0 atom stereocenters. The third-order valence-corrected chi connectivity index (χ3v) is 1.20. The third kappa shape index (κ3) is 18.2. The molecule has 0 saturated heterocycles. The van der Waals surface area contributed by atoms with E-state index < -0.39 is 0 Å². The number of hydrogen-bond acceptors (Lipinski definition) is 5. The van der Waals surface area contributed by atoms with Gasteiger partial charge in [0.05, 0.1) is 6.26 Å². The summed E-state index contributed by atoms with van der Waals surface area (Å²) in [4.78, 5) is 22.1. The van der Waals surface area contributed by atoms with E-state index in [0.717, 1.165) is 18.9 Å². The van der Waals surface area contributed by atoms with Gasteiger partial charge in [-0.25, -0.2) is 4.79 Å². The number of carbonyl (C=O) groups is 2. The maximum Gasteiger partial charge on any atom is 0.330 e. The smallest absolute Gasteiger partial charge is 0.330 e. The lowest BCUT2D eigenvalue weighted by Gasteiger charge is -2.07. The van der Waals surface area contributed by atoms with Crippen LogP contribution in [0.1, 0.15) is 6.92 Å². The van der Waals surface area contributed by atoms with Crippen molar-refractivity contribution in [3.05, 3.63) is 25.5 Å². The first-order chi connectivity index (χ1) is 7.43. The van der Waals surface area contributed by atoms with Crippen molar-refractivity contribution in [3.63, 3.8) is 0 Å². The SMILES string of the molecule is C=CC(=O)OCCN(C)C.C=COC(C)=O. The van der Waals surface area contributed by atoms with Crippen molar-refractivity contribution in [2.45, 2.75) is 6.92 Å². The summed E-state index contributed by atoms with van der Waals surface area (Å²) in [6, 6.07) is 0. The molecule has 0 bridgehead atoms. The van der Waals surface area contributed by atoms with Gasteiger partial charge in [0.2, 0.25) is 0 Å². The molecule has 0 heterocycles. The Morgan fingerprint density at radius 2 is 1.88 bits per heavy atom. The Morgan fingerprint density at radius 3 is 2.12 bits per heavy atom. The van der Waals surface area contributed by atoms with Crippen molar-refractivity contribution >= 4 is 11.9 Å². The number of carbonyl (C=O) groups excluding carboxylic acids is 2. The van der Waals surface area contributed by atoms with Crippen molar-refractivity contribution in [3.8, 4) is 0 Å². The first-order valence-corrected chi connectivity index (χ1v) is 4.66. The van der Waals surface area contributed by atoms with Gasteiger partial charge < -0.3 is 14.4 Å². The molecule has 0 aliphatic heterocycles. The van der Waals surface area contributed by atoms with Gasteiger partial charge in [-0.05, 0) is 14.1 Å². The van der Waals surface area contributed by atoms with Crippen molar-refractivity contribution in [1.29, 1.82) is 0 Å². The second kappa shape index (κ2) is 11.5. The van der Waals surface area contributed by atoms with Crippen molar-refractivity contribution in [2.75, 3.05) is 27.2 Å². The first kappa shape index (κ1) is 16.8. The third-order valence-electron chi connectivity index (χ3n) is 1.20. The fourth-order valence-corrected chi connectivity index (χ4v) is 0.505. The highest BCUT2D eigenvalue weighted by Gasteiger charge is 1.94. The monoisotopic (exact) mass is 229 g/mol. The molecule has 0 fully saturated rings. The van der Waals surface area contributed by atoms with Crippen LogP contribution in [0.5, 0.6) is 0 Å². The van der Waals surface area contributed by atoms with E-state index in [0.29, 0.717) is 6.61 Å². The van der Waals surface area contributed by atoms with Crippen LogP contribution in [-0.2, 0) is 19.1 Å². The summed E-state index contributed by atoms with van der Waals surface area (Å²) in [7, 11) is 3.84. The zero-order valence-corrected chi connectivity index (χ0v) is 10.1. The number of likely N-dealkylation sites (N-methyl/N-ethyl adjacent to an activating group) is 1. The van der Waals surface area contributed by atoms with E-state index in [2.05, 4.69) is 17.9 Å². The van der Waals surface area contributed by atoms with E-state index in [9.17, 15) is 9.59 Å². The van der Waals surface area contributed by atoms with Crippen LogP contribution in [0.15, 0.2) is 25.5 Å². The summed E-state index contributed by atoms with van der Waals surface area (Å²) in [5.74, 6) is -0.688. The quantitative estimate of drug-likeness (QED) is 0.399. The van der Waals surface area contributed by atoms with Gasteiger partial charge in [0, 0.05) is 19.5 Å². The lowest BCUT2D eigenvalue weighted by molar-refractivity contribution is -0.138. The number of esters is 2. The van der Waals surface area contributed by atoms with E-state index in [1.165, 1.54) is 6.92 Å². The molecule has 0 aromatic heterocycles. The van der Waals surface area contributed by atoms with Gasteiger partial charge >= 0.3 is 11.9 Å². The normalized spacial score (nSPS) is 8.50. The standard InChI is InChI=1S/C7H13NO2.C4H6O2/c1-4-7(9)10-6-5-8(2)3;1-3-6-4(2)5/h4H,1,5-6H2,2-3H3;3H,1H2,2H3. The van der Waals surface area contributed by atoms with Crippen LogP contribution in [0.25, 0.3) is 0 Å². The fourth-order valence-electron chi connectivity index (χ4n) is 0.505. The van der Waals surface area contributed by atoms with E-state index in [1.807, 2.05) is 19.0 Å². The molecule has 0 aliphatic rings. The molecule has 0 N–H and O–H groups in total. The number of ether oxygens (including phenoxy) is 2. The molecule has 0 aromatic carbocycles. The van der Waals surface area contributed by atoms with Gasteiger partial charge in [0.25, 0.3) is 0 Å². The maximum atomic E-state index is 10.4. The molecule has 0 radical (unpaired) electrons. The average Bonchev–Trinajstić information content (AvgIpc) is 2.17. The Hall–Kier alpha value is -1.62. The van der Waals surface area contributed by atoms with Crippen LogP contribution in [-0.4, -0.2) is 44.1 Å². The van der Waals surface area contributed by atoms with Crippen LogP contribution in [0.3, 0.4) is 0 Å². The van der Waals surface area contributed by atoms with Crippen LogP contribution < -0.4 is 0 Å². The van der Waals surface area contributed by atoms with Gasteiger partial charge in [0.15, 0.2) is 0 Å². The summed E-state index contributed by atoms with van der Waals surface area (Å²) in [6.07, 6.45) is 2.26. The van der Waals surface area contributed by atoms with Gasteiger partial charge in [-0.1, -0.05) is 13.2 Å². The second-order valence-corrected chi connectivity index (χ2v) is 2.95. The van der Waals surface area contributed by atoms with Crippen LogP contribution >= 0.6 is 0 Å². The molecule has 0 saturated carbocycles. The molecule has 0 spiro atoms. The molecule has 92 valence electrons. The van der Waals surface area contributed by atoms with Crippen LogP contribution in [0.2, 0.25) is 0 Å². The zero-order valence-electron chi connectivity index (χ0n) is 10.1. The highest BCUT2D eigenvalue weighted by atomic mass is 16.5. The van der Waals surface area contributed by atoms with Crippen molar-refractivity contribution in [1.82, 2.24) is 4.90 Å². The largest absolute Gasteiger partial charge is 0.461 e. The van der Waals surface area contributed by atoms with E-state index in [4.69, 9.17) is 4.74 Å². The molecule has 5 nitrogen and oxygen atoms in total. The zero-order chi connectivity index (χ0) is 13.0. The molecular formula is C11H19NO4. The summed E-state index contributed by atoms with van der Waals surface area (Å²) in [5.41, 5.74) is 0. The highest BCUT2D eigenvalue weighted by Crippen LogP contribution is 1.80. The molecule has 16 heavy (non-hydrogen) atoms. The lowest BCUT2D eigenvalue weighted by atomic mass is 10.6. The topological polar surface area (TPSA) is 55.8 Å². The number of nitrogens with zero attached hydrogens (tertiary/aromatic N) is 1.